The number of hydrogen-bond donors (Lipinski definition) is 1. The van der Waals surface area contributed by atoms with Crippen LogP contribution in [-0.4, -0.2) is 24.2 Å². The van der Waals surface area contributed by atoms with Crippen LogP contribution in [0.1, 0.15) is 11.3 Å². The summed E-state index contributed by atoms with van der Waals surface area (Å²) in [5, 5.41) is 0. The lowest BCUT2D eigenvalue weighted by Gasteiger charge is -2.09. The molecule has 0 aliphatic rings. The van der Waals surface area contributed by atoms with E-state index in [0.717, 1.165) is 5.56 Å². The monoisotopic (exact) mass is 280 g/mol. The van der Waals surface area contributed by atoms with E-state index in [1.165, 1.54) is 6.33 Å². The number of methoxy groups -OCH3 is 2. The van der Waals surface area contributed by atoms with Crippen molar-refractivity contribution in [2.45, 2.75) is 6.42 Å². The molecule has 0 saturated heterocycles. The molecule has 0 amide bonds. The van der Waals surface area contributed by atoms with Crippen molar-refractivity contribution in [2.24, 2.45) is 0 Å². The van der Waals surface area contributed by atoms with Gasteiger partial charge in [0.05, 0.1) is 26.2 Å². The van der Waals surface area contributed by atoms with Gasteiger partial charge in [-0.2, -0.15) is 0 Å². The molecule has 100 valence electrons. The number of halogens is 1. The molecule has 1 aromatic carbocycles. The second kappa shape index (κ2) is 5.79. The minimum Gasteiger partial charge on any atom is -0.493 e. The molecular formula is C13H13FN2O2S. The van der Waals surface area contributed by atoms with Crippen LogP contribution < -0.4 is 9.47 Å². The number of hydrogen-bond acceptors (Lipinski definition) is 4. The molecular weight excluding hydrogens is 267 g/mol. The van der Waals surface area contributed by atoms with E-state index < -0.39 is 5.82 Å². The lowest BCUT2D eigenvalue weighted by atomic mass is 10.1. The zero-order chi connectivity index (χ0) is 13.8. The fourth-order valence-electron chi connectivity index (χ4n) is 1.74. The molecule has 0 bridgehead atoms. The second-order valence-corrected chi connectivity index (χ2v) is 4.25. The summed E-state index contributed by atoms with van der Waals surface area (Å²) in [6, 6.07) is 5.43. The van der Waals surface area contributed by atoms with Crippen molar-refractivity contribution in [1.82, 2.24) is 9.97 Å². The van der Waals surface area contributed by atoms with Gasteiger partial charge in [-0.3, -0.25) is 0 Å². The van der Waals surface area contributed by atoms with Crippen molar-refractivity contribution in [1.29, 1.82) is 0 Å². The minimum atomic E-state index is -0.493. The molecule has 0 unspecified atom stereocenters. The summed E-state index contributed by atoms with van der Waals surface area (Å²) < 4.78 is 24.1. The Hall–Kier alpha value is -1.95. The SMILES string of the molecule is COc1ccc(Cc2[nH]cnc(=S)c2F)cc1OC. The summed E-state index contributed by atoms with van der Waals surface area (Å²) in [5.74, 6) is 0.745. The van der Waals surface area contributed by atoms with Crippen LogP contribution in [0, 0.1) is 10.5 Å². The first-order chi connectivity index (χ1) is 9.15. The van der Waals surface area contributed by atoms with Gasteiger partial charge in [0.2, 0.25) is 0 Å². The van der Waals surface area contributed by atoms with Crippen molar-refractivity contribution in [3.8, 4) is 11.5 Å². The molecule has 6 heteroatoms. The molecule has 0 spiro atoms. The Balaban J connectivity index is 2.33. The normalized spacial score (nSPS) is 10.3. The summed E-state index contributed by atoms with van der Waals surface area (Å²) in [5.41, 5.74) is 1.28. The Labute approximate surface area is 115 Å². The highest BCUT2D eigenvalue weighted by Gasteiger charge is 2.09. The van der Waals surface area contributed by atoms with Crippen molar-refractivity contribution < 1.29 is 13.9 Å². The highest BCUT2D eigenvalue weighted by atomic mass is 32.1. The molecule has 0 atom stereocenters. The van der Waals surface area contributed by atoms with E-state index in [1.807, 2.05) is 6.07 Å². The first-order valence-electron chi connectivity index (χ1n) is 5.58. The topological polar surface area (TPSA) is 47.1 Å². The van der Waals surface area contributed by atoms with Gasteiger partial charge >= 0.3 is 0 Å². The number of nitrogens with zero attached hydrogens (tertiary/aromatic N) is 1. The number of aromatic amines is 1. The third-order valence-electron chi connectivity index (χ3n) is 2.70. The van der Waals surface area contributed by atoms with Crippen LogP contribution in [0.15, 0.2) is 24.5 Å². The predicted molar refractivity (Wildman–Crippen MR) is 71.7 cm³/mol. The molecule has 4 nitrogen and oxygen atoms in total. The first kappa shape index (κ1) is 13.5. The Bertz CT molecular complexity index is 643. The fraction of sp³-hybridized carbons (Fsp3) is 0.231. The summed E-state index contributed by atoms with van der Waals surface area (Å²) in [7, 11) is 3.12. The molecule has 0 aliphatic carbocycles. The van der Waals surface area contributed by atoms with E-state index in [-0.39, 0.29) is 4.64 Å². The molecule has 2 aromatic rings. The number of ether oxygens (including phenoxy) is 2. The van der Waals surface area contributed by atoms with Gasteiger partial charge in [0.15, 0.2) is 22.0 Å². The molecule has 0 aliphatic heterocycles. The molecule has 1 N–H and O–H groups in total. The number of nitrogens with one attached hydrogen (secondary N) is 1. The fourth-order valence-corrected chi connectivity index (χ4v) is 1.92. The zero-order valence-electron chi connectivity index (χ0n) is 10.6. The van der Waals surface area contributed by atoms with Crippen LogP contribution in [-0.2, 0) is 6.42 Å². The summed E-state index contributed by atoms with van der Waals surface area (Å²) in [6.07, 6.45) is 1.76. The average Bonchev–Trinajstić information content (AvgIpc) is 2.43. The van der Waals surface area contributed by atoms with E-state index in [9.17, 15) is 4.39 Å². The van der Waals surface area contributed by atoms with Crippen LogP contribution in [0.5, 0.6) is 11.5 Å². The predicted octanol–water partition coefficient (Wildman–Crippen LogP) is 2.89. The number of aromatic nitrogens is 2. The number of benzene rings is 1. The molecule has 0 fully saturated rings. The van der Waals surface area contributed by atoms with Gasteiger partial charge in [0.1, 0.15) is 0 Å². The van der Waals surface area contributed by atoms with Crippen molar-refractivity contribution in [3.05, 3.63) is 46.2 Å². The van der Waals surface area contributed by atoms with E-state index in [1.54, 1.807) is 26.4 Å². The highest BCUT2D eigenvalue weighted by molar-refractivity contribution is 7.71. The van der Waals surface area contributed by atoms with E-state index in [4.69, 9.17) is 21.7 Å². The minimum absolute atomic E-state index is 0.0331. The number of rotatable bonds is 4. The van der Waals surface area contributed by atoms with E-state index in [2.05, 4.69) is 9.97 Å². The lowest BCUT2D eigenvalue weighted by molar-refractivity contribution is 0.354. The third-order valence-corrected chi connectivity index (χ3v) is 2.99. The maximum absolute atomic E-state index is 13.8. The van der Waals surface area contributed by atoms with E-state index in [0.29, 0.717) is 23.6 Å². The molecule has 0 saturated carbocycles. The van der Waals surface area contributed by atoms with Gasteiger partial charge in [-0.1, -0.05) is 18.3 Å². The van der Waals surface area contributed by atoms with Crippen LogP contribution in [0.3, 0.4) is 0 Å². The van der Waals surface area contributed by atoms with Crippen molar-refractivity contribution in [2.75, 3.05) is 14.2 Å². The van der Waals surface area contributed by atoms with E-state index >= 15 is 0 Å². The Morgan fingerprint density at radius 2 is 2.00 bits per heavy atom. The summed E-state index contributed by atoms with van der Waals surface area (Å²) in [4.78, 5) is 6.45. The van der Waals surface area contributed by atoms with Gasteiger partial charge < -0.3 is 14.5 Å². The average molecular weight is 280 g/mol. The second-order valence-electron chi connectivity index (χ2n) is 3.87. The molecule has 1 aromatic heterocycles. The Kier molecular flexibility index (Phi) is 4.11. The summed E-state index contributed by atoms with van der Waals surface area (Å²) in [6.45, 7) is 0. The van der Waals surface area contributed by atoms with Gasteiger partial charge in [-0.15, -0.1) is 0 Å². The van der Waals surface area contributed by atoms with Crippen LogP contribution >= 0.6 is 12.2 Å². The maximum Gasteiger partial charge on any atom is 0.179 e. The quantitative estimate of drug-likeness (QED) is 0.875. The maximum atomic E-state index is 13.8. The van der Waals surface area contributed by atoms with Gasteiger partial charge in [0, 0.05) is 6.42 Å². The largest absolute Gasteiger partial charge is 0.493 e. The van der Waals surface area contributed by atoms with Gasteiger partial charge in [0.25, 0.3) is 0 Å². The molecule has 0 radical (unpaired) electrons. The highest BCUT2D eigenvalue weighted by Crippen LogP contribution is 2.28. The van der Waals surface area contributed by atoms with Gasteiger partial charge in [-0.05, 0) is 17.7 Å². The first-order valence-corrected chi connectivity index (χ1v) is 5.99. The third kappa shape index (κ3) is 2.90. The van der Waals surface area contributed by atoms with Crippen molar-refractivity contribution >= 4 is 12.2 Å². The number of H-pyrrole nitrogens is 1. The van der Waals surface area contributed by atoms with Crippen LogP contribution in [0.25, 0.3) is 0 Å². The lowest BCUT2D eigenvalue weighted by Crippen LogP contribution is -2.00. The van der Waals surface area contributed by atoms with Crippen LogP contribution in [0.4, 0.5) is 4.39 Å². The molecule has 19 heavy (non-hydrogen) atoms. The Morgan fingerprint density at radius 3 is 2.68 bits per heavy atom. The summed E-state index contributed by atoms with van der Waals surface area (Å²) >= 11 is 4.79. The smallest absolute Gasteiger partial charge is 0.179 e. The zero-order valence-corrected chi connectivity index (χ0v) is 11.4. The van der Waals surface area contributed by atoms with Crippen molar-refractivity contribution in [3.63, 3.8) is 0 Å². The van der Waals surface area contributed by atoms with Crippen LogP contribution in [0.2, 0.25) is 0 Å². The van der Waals surface area contributed by atoms with Gasteiger partial charge in [-0.25, -0.2) is 9.37 Å². The Morgan fingerprint density at radius 1 is 1.26 bits per heavy atom. The molecule has 2 rings (SSSR count). The molecule has 1 heterocycles. The standard InChI is InChI=1S/C13H13FN2O2S/c1-17-10-4-3-8(6-11(10)18-2)5-9-12(14)13(19)16-7-15-9/h3-4,6-7H,5H2,1-2H3,(H,15,16,19).